The molecule has 0 atom stereocenters. The maximum atomic E-state index is 12.6. The Balaban J connectivity index is 1.71. The predicted molar refractivity (Wildman–Crippen MR) is 97.8 cm³/mol. The maximum Gasteiger partial charge on any atom is 0.260 e. The zero-order valence-corrected chi connectivity index (χ0v) is 15.0. The lowest BCUT2D eigenvalue weighted by molar-refractivity contribution is 0.0977. The van der Waals surface area contributed by atoms with Crippen LogP contribution in [0.3, 0.4) is 0 Å². The van der Waals surface area contributed by atoms with Crippen LogP contribution in [-0.2, 0) is 0 Å². The van der Waals surface area contributed by atoms with Gasteiger partial charge in [0.15, 0.2) is 5.17 Å². The summed E-state index contributed by atoms with van der Waals surface area (Å²) in [5.41, 5.74) is 2.22. The highest BCUT2D eigenvalue weighted by atomic mass is 35.5. The van der Waals surface area contributed by atoms with E-state index < -0.39 is 0 Å². The Morgan fingerprint density at radius 3 is 2.83 bits per heavy atom. The Bertz CT molecular complexity index is 845. The summed E-state index contributed by atoms with van der Waals surface area (Å²) in [6.07, 6.45) is 3.70. The van der Waals surface area contributed by atoms with Crippen LogP contribution >= 0.6 is 35.0 Å². The number of aromatic nitrogens is 2. The molecular formula is C16H14Cl2N4OS. The quantitative estimate of drug-likeness (QED) is 0.878. The molecule has 4 rings (SSSR count). The summed E-state index contributed by atoms with van der Waals surface area (Å²) >= 11 is 13.9. The van der Waals surface area contributed by atoms with Gasteiger partial charge in [0.25, 0.3) is 5.91 Å². The Kier molecular flexibility index (Phi) is 4.28. The zero-order valence-electron chi connectivity index (χ0n) is 12.6. The Morgan fingerprint density at radius 2 is 2.17 bits per heavy atom. The number of hydrogen-bond donors (Lipinski definition) is 1. The normalized spacial score (nSPS) is 17.0. The van der Waals surface area contributed by atoms with E-state index in [2.05, 4.69) is 15.4 Å². The summed E-state index contributed by atoms with van der Waals surface area (Å²) in [4.78, 5) is 16.9. The van der Waals surface area contributed by atoms with Gasteiger partial charge in [-0.3, -0.25) is 9.79 Å². The summed E-state index contributed by atoms with van der Waals surface area (Å²) in [7, 11) is 0. The molecule has 24 heavy (non-hydrogen) atoms. The van der Waals surface area contributed by atoms with Crippen molar-refractivity contribution >= 4 is 46.0 Å². The van der Waals surface area contributed by atoms with Crippen LogP contribution in [-0.4, -0.2) is 33.2 Å². The van der Waals surface area contributed by atoms with Crippen LogP contribution in [0, 0.1) is 0 Å². The van der Waals surface area contributed by atoms with Crippen molar-refractivity contribution < 1.29 is 4.79 Å². The largest absolute Gasteiger partial charge is 0.301 e. The smallest absolute Gasteiger partial charge is 0.260 e. The molecule has 1 aliphatic carbocycles. The highest BCUT2D eigenvalue weighted by molar-refractivity contribution is 8.14. The van der Waals surface area contributed by atoms with E-state index in [1.54, 1.807) is 34.8 Å². The molecule has 124 valence electrons. The lowest BCUT2D eigenvalue weighted by atomic mass is 10.1. The number of amidine groups is 1. The summed E-state index contributed by atoms with van der Waals surface area (Å²) in [5.74, 6) is 1.07. The summed E-state index contributed by atoms with van der Waals surface area (Å²) in [5, 5.41) is 9.05. The highest BCUT2D eigenvalue weighted by Gasteiger charge is 2.33. The minimum atomic E-state index is -0.165. The van der Waals surface area contributed by atoms with Gasteiger partial charge in [0.05, 0.1) is 34.7 Å². The number of carbonyl (C=O) groups is 1. The lowest BCUT2D eigenvalue weighted by Crippen LogP contribution is -2.28. The van der Waals surface area contributed by atoms with Gasteiger partial charge in [-0.15, -0.1) is 0 Å². The van der Waals surface area contributed by atoms with Crippen molar-refractivity contribution in [2.75, 3.05) is 12.3 Å². The van der Waals surface area contributed by atoms with Gasteiger partial charge in [0, 0.05) is 16.7 Å². The summed E-state index contributed by atoms with van der Waals surface area (Å²) < 4.78 is 1.76. The molecule has 0 radical (unpaired) electrons. The minimum Gasteiger partial charge on any atom is -0.301 e. The van der Waals surface area contributed by atoms with Crippen LogP contribution in [0.1, 0.15) is 34.8 Å². The minimum absolute atomic E-state index is 0.165. The van der Waals surface area contributed by atoms with Gasteiger partial charge in [-0.25, -0.2) is 4.68 Å². The second-order valence-corrected chi connectivity index (χ2v) is 7.64. The maximum absolute atomic E-state index is 12.6. The van der Waals surface area contributed by atoms with E-state index in [0.29, 0.717) is 26.7 Å². The van der Waals surface area contributed by atoms with Gasteiger partial charge >= 0.3 is 0 Å². The van der Waals surface area contributed by atoms with Crippen LogP contribution < -0.4 is 5.32 Å². The Morgan fingerprint density at radius 1 is 1.33 bits per heavy atom. The second-order valence-electron chi connectivity index (χ2n) is 5.71. The van der Waals surface area contributed by atoms with Crippen LogP contribution in [0.5, 0.6) is 0 Å². The van der Waals surface area contributed by atoms with E-state index >= 15 is 0 Å². The standard InChI is InChI=1S/C16H14Cl2N4OS/c17-10-3-4-13(12(18)7-10)22-14(9-1-2-9)11(8-20-22)15(23)21-16-19-5-6-24-16/h3-4,7-9H,1-2,5-6H2,(H,19,21,23). The number of benzene rings is 1. The van der Waals surface area contributed by atoms with Crippen molar-refractivity contribution in [3.63, 3.8) is 0 Å². The molecule has 1 aromatic heterocycles. The molecule has 2 aromatic rings. The van der Waals surface area contributed by atoms with Gasteiger partial charge in [-0.1, -0.05) is 35.0 Å². The first kappa shape index (κ1) is 16.0. The topological polar surface area (TPSA) is 59.3 Å². The fraction of sp³-hybridized carbons (Fsp3) is 0.312. The molecule has 1 aliphatic heterocycles. The molecule has 5 nitrogen and oxygen atoms in total. The Labute approximate surface area is 153 Å². The molecule has 1 saturated carbocycles. The van der Waals surface area contributed by atoms with Crippen molar-refractivity contribution in [2.45, 2.75) is 18.8 Å². The van der Waals surface area contributed by atoms with E-state index in [1.807, 2.05) is 6.07 Å². The van der Waals surface area contributed by atoms with Crippen molar-refractivity contribution in [1.29, 1.82) is 0 Å². The van der Waals surface area contributed by atoms with Crippen molar-refractivity contribution in [1.82, 2.24) is 15.1 Å². The number of amides is 1. The Hall–Kier alpha value is -1.50. The first-order valence-electron chi connectivity index (χ1n) is 7.65. The molecule has 1 N–H and O–H groups in total. The number of nitrogens with zero attached hydrogens (tertiary/aromatic N) is 3. The number of rotatable bonds is 3. The number of aliphatic imine (C=N–C) groups is 1. The third-order valence-electron chi connectivity index (χ3n) is 3.96. The summed E-state index contributed by atoms with van der Waals surface area (Å²) in [6.45, 7) is 0.745. The lowest BCUT2D eigenvalue weighted by Gasteiger charge is -2.11. The molecular weight excluding hydrogens is 367 g/mol. The van der Waals surface area contributed by atoms with Crippen LogP contribution in [0.25, 0.3) is 5.69 Å². The molecule has 0 unspecified atom stereocenters. The number of halogens is 2. The fourth-order valence-electron chi connectivity index (χ4n) is 2.70. The number of carbonyl (C=O) groups excluding carboxylic acids is 1. The van der Waals surface area contributed by atoms with E-state index in [9.17, 15) is 4.79 Å². The van der Waals surface area contributed by atoms with Gasteiger partial charge in [0.1, 0.15) is 0 Å². The fourth-order valence-corrected chi connectivity index (χ4v) is 3.91. The van der Waals surface area contributed by atoms with E-state index in [1.165, 1.54) is 0 Å². The first-order valence-corrected chi connectivity index (χ1v) is 9.39. The van der Waals surface area contributed by atoms with E-state index in [0.717, 1.165) is 36.5 Å². The second kappa shape index (κ2) is 6.43. The molecule has 1 amide bonds. The number of nitrogens with one attached hydrogen (secondary N) is 1. The highest BCUT2D eigenvalue weighted by Crippen LogP contribution is 2.43. The van der Waals surface area contributed by atoms with Crippen molar-refractivity contribution in [3.05, 3.63) is 45.7 Å². The SMILES string of the molecule is O=C(NC1=NCCS1)c1cnn(-c2ccc(Cl)cc2Cl)c1C1CC1. The van der Waals surface area contributed by atoms with Crippen LogP contribution in [0.4, 0.5) is 0 Å². The average Bonchev–Trinajstić information content (AvgIpc) is 3.07. The molecule has 2 heterocycles. The average molecular weight is 381 g/mol. The van der Waals surface area contributed by atoms with Crippen LogP contribution in [0.2, 0.25) is 10.0 Å². The molecule has 0 spiro atoms. The number of hydrogen-bond acceptors (Lipinski definition) is 4. The van der Waals surface area contributed by atoms with E-state index in [-0.39, 0.29) is 5.91 Å². The van der Waals surface area contributed by atoms with Gasteiger partial charge in [-0.2, -0.15) is 5.10 Å². The van der Waals surface area contributed by atoms with Crippen LogP contribution in [0.15, 0.2) is 29.4 Å². The molecule has 1 aromatic carbocycles. The zero-order chi connectivity index (χ0) is 16.7. The summed E-state index contributed by atoms with van der Waals surface area (Å²) in [6, 6.07) is 5.27. The first-order chi connectivity index (χ1) is 11.6. The predicted octanol–water partition coefficient (Wildman–Crippen LogP) is 3.89. The van der Waals surface area contributed by atoms with E-state index in [4.69, 9.17) is 23.2 Å². The third-order valence-corrected chi connectivity index (χ3v) is 5.39. The van der Waals surface area contributed by atoms with Gasteiger partial charge in [0.2, 0.25) is 0 Å². The van der Waals surface area contributed by atoms with Crippen molar-refractivity contribution in [2.24, 2.45) is 4.99 Å². The molecule has 2 aliphatic rings. The van der Waals surface area contributed by atoms with Gasteiger partial charge < -0.3 is 5.32 Å². The van der Waals surface area contributed by atoms with Crippen molar-refractivity contribution in [3.8, 4) is 5.69 Å². The molecule has 1 fully saturated rings. The molecule has 8 heteroatoms. The third kappa shape index (κ3) is 3.06. The number of thioether (sulfide) groups is 1. The van der Waals surface area contributed by atoms with Gasteiger partial charge in [-0.05, 0) is 31.0 Å². The molecule has 0 saturated heterocycles. The molecule has 0 bridgehead atoms. The monoisotopic (exact) mass is 380 g/mol.